The molecule has 2 rings (SSSR count). The summed E-state index contributed by atoms with van der Waals surface area (Å²) in [5.41, 5.74) is -0.821. The Morgan fingerprint density at radius 1 is 1.59 bits per heavy atom. The molecule has 98 valence electrons. The van der Waals surface area contributed by atoms with Gasteiger partial charge in [0.25, 0.3) is 0 Å². The first-order valence-corrected chi connectivity index (χ1v) is 6.33. The van der Waals surface area contributed by atoms with Crippen molar-refractivity contribution in [2.24, 2.45) is 0 Å². The normalized spacial score (nSPS) is 32.8. The minimum Gasteiger partial charge on any atom is -0.386 e. The van der Waals surface area contributed by atoms with Crippen molar-refractivity contribution in [1.82, 2.24) is 10.2 Å². The molecule has 2 unspecified atom stereocenters. The highest BCUT2D eigenvalue weighted by atomic mass is 16.5. The maximum absolute atomic E-state index is 11.7. The van der Waals surface area contributed by atoms with Gasteiger partial charge in [-0.2, -0.15) is 0 Å². The van der Waals surface area contributed by atoms with E-state index in [9.17, 15) is 9.90 Å². The predicted octanol–water partition coefficient (Wildman–Crippen LogP) is -0.263. The van der Waals surface area contributed by atoms with Crippen LogP contribution in [0, 0.1) is 0 Å². The summed E-state index contributed by atoms with van der Waals surface area (Å²) in [6.45, 7) is 3.17. The SMILES string of the molecule is CC1OCCC1(O)CNCC(=O)N(C)C1CC1. The molecule has 1 saturated carbocycles. The molecular formula is C12H22N2O3. The summed E-state index contributed by atoms with van der Waals surface area (Å²) in [5, 5.41) is 13.3. The topological polar surface area (TPSA) is 61.8 Å². The second-order valence-electron chi connectivity index (χ2n) is 5.21. The Hall–Kier alpha value is -0.650. The van der Waals surface area contributed by atoms with Gasteiger partial charge in [0.1, 0.15) is 5.60 Å². The molecule has 2 fully saturated rings. The van der Waals surface area contributed by atoms with Crippen molar-refractivity contribution in [3.8, 4) is 0 Å². The second-order valence-corrected chi connectivity index (χ2v) is 5.21. The fourth-order valence-corrected chi connectivity index (χ4v) is 2.18. The van der Waals surface area contributed by atoms with Gasteiger partial charge in [0.15, 0.2) is 0 Å². The number of aliphatic hydroxyl groups is 1. The van der Waals surface area contributed by atoms with Gasteiger partial charge < -0.3 is 20.1 Å². The Kier molecular flexibility index (Phi) is 3.70. The van der Waals surface area contributed by atoms with Crippen LogP contribution in [0.5, 0.6) is 0 Å². The maximum Gasteiger partial charge on any atom is 0.236 e. The highest BCUT2D eigenvalue weighted by molar-refractivity contribution is 5.78. The number of amides is 1. The summed E-state index contributed by atoms with van der Waals surface area (Å²) in [4.78, 5) is 13.5. The van der Waals surface area contributed by atoms with Crippen LogP contribution in [0.2, 0.25) is 0 Å². The van der Waals surface area contributed by atoms with Crippen LogP contribution in [-0.2, 0) is 9.53 Å². The van der Waals surface area contributed by atoms with E-state index in [1.54, 1.807) is 4.90 Å². The van der Waals surface area contributed by atoms with E-state index in [0.29, 0.717) is 32.2 Å². The molecular weight excluding hydrogens is 220 g/mol. The van der Waals surface area contributed by atoms with E-state index in [0.717, 1.165) is 12.8 Å². The third-order valence-electron chi connectivity index (χ3n) is 3.85. The molecule has 2 atom stereocenters. The van der Waals surface area contributed by atoms with Crippen LogP contribution in [0.4, 0.5) is 0 Å². The molecule has 1 saturated heterocycles. The highest BCUT2D eigenvalue weighted by Crippen LogP contribution is 2.26. The van der Waals surface area contributed by atoms with Crippen LogP contribution in [0.3, 0.4) is 0 Å². The number of carbonyl (C=O) groups is 1. The zero-order valence-electron chi connectivity index (χ0n) is 10.6. The second kappa shape index (κ2) is 4.92. The van der Waals surface area contributed by atoms with Gasteiger partial charge >= 0.3 is 0 Å². The molecule has 0 aromatic heterocycles. The molecule has 0 bridgehead atoms. The molecule has 2 aliphatic rings. The summed E-state index contributed by atoms with van der Waals surface area (Å²) >= 11 is 0. The van der Waals surface area contributed by atoms with Crippen molar-refractivity contribution in [3.63, 3.8) is 0 Å². The molecule has 0 aromatic rings. The Morgan fingerprint density at radius 2 is 2.29 bits per heavy atom. The average molecular weight is 242 g/mol. The van der Waals surface area contributed by atoms with E-state index in [1.807, 2.05) is 14.0 Å². The fraction of sp³-hybridized carbons (Fsp3) is 0.917. The Balaban J connectivity index is 1.70. The van der Waals surface area contributed by atoms with Gasteiger partial charge in [-0.3, -0.25) is 4.79 Å². The van der Waals surface area contributed by atoms with Gasteiger partial charge in [0, 0.05) is 32.7 Å². The lowest BCUT2D eigenvalue weighted by atomic mass is 9.97. The van der Waals surface area contributed by atoms with Crippen molar-refractivity contribution in [3.05, 3.63) is 0 Å². The van der Waals surface area contributed by atoms with E-state index in [1.165, 1.54) is 0 Å². The molecule has 0 spiro atoms. The zero-order chi connectivity index (χ0) is 12.5. The van der Waals surface area contributed by atoms with E-state index in [-0.39, 0.29) is 12.0 Å². The van der Waals surface area contributed by atoms with Crippen molar-refractivity contribution >= 4 is 5.91 Å². The summed E-state index contributed by atoms with van der Waals surface area (Å²) in [6, 6.07) is 0.445. The van der Waals surface area contributed by atoms with Crippen LogP contribution < -0.4 is 5.32 Å². The predicted molar refractivity (Wildman–Crippen MR) is 63.6 cm³/mol. The van der Waals surface area contributed by atoms with Crippen molar-refractivity contribution in [1.29, 1.82) is 0 Å². The van der Waals surface area contributed by atoms with Gasteiger partial charge in [-0.1, -0.05) is 0 Å². The zero-order valence-corrected chi connectivity index (χ0v) is 10.6. The minimum absolute atomic E-state index is 0.0997. The molecule has 0 aromatic carbocycles. The summed E-state index contributed by atoms with van der Waals surface area (Å²) in [7, 11) is 1.84. The Labute approximate surface area is 102 Å². The van der Waals surface area contributed by atoms with Crippen LogP contribution in [0.25, 0.3) is 0 Å². The van der Waals surface area contributed by atoms with Crippen molar-refractivity contribution in [2.45, 2.75) is 43.9 Å². The number of likely N-dealkylation sites (N-methyl/N-ethyl adjacent to an activating group) is 1. The monoisotopic (exact) mass is 242 g/mol. The van der Waals surface area contributed by atoms with Gasteiger partial charge in [-0.25, -0.2) is 0 Å². The minimum atomic E-state index is -0.821. The maximum atomic E-state index is 11.7. The lowest BCUT2D eigenvalue weighted by Gasteiger charge is -2.26. The van der Waals surface area contributed by atoms with Crippen LogP contribution >= 0.6 is 0 Å². The molecule has 5 heteroatoms. The first kappa shape index (κ1) is 12.8. The van der Waals surface area contributed by atoms with Gasteiger partial charge in [-0.15, -0.1) is 0 Å². The first-order chi connectivity index (χ1) is 8.03. The molecule has 1 aliphatic carbocycles. The smallest absolute Gasteiger partial charge is 0.236 e. The standard InChI is InChI=1S/C12H22N2O3/c1-9-12(16,5-6-17-9)8-13-7-11(15)14(2)10-3-4-10/h9-10,13,16H,3-8H2,1-2H3. The number of rotatable bonds is 5. The molecule has 1 aliphatic heterocycles. The van der Waals surface area contributed by atoms with Gasteiger partial charge in [-0.05, 0) is 19.8 Å². The molecule has 0 radical (unpaired) electrons. The number of carbonyl (C=O) groups excluding carboxylic acids is 1. The van der Waals surface area contributed by atoms with Crippen molar-refractivity contribution in [2.75, 3.05) is 26.7 Å². The number of nitrogens with one attached hydrogen (secondary N) is 1. The van der Waals surface area contributed by atoms with E-state index in [2.05, 4.69) is 5.32 Å². The van der Waals surface area contributed by atoms with Crippen LogP contribution in [0.1, 0.15) is 26.2 Å². The van der Waals surface area contributed by atoms with E-state index >= 15 is 0 Å². The van der Waals surface area contributed by atoms with Gasteiger partial charge in [0.2, 0.25) is 5.91 Å². The summed E-state index contributed by atoms with van der Waals surface area (Å²) < 4.78 is 5.34. The number of hydrogen-bond acceptors (Lipinski definition) is 4. The molecule has 5 nitrogen and oxygen atoms in total. The largest absolute Gasteiger partial charge is 0.386 e. The Morgan fingerprint density at radius 3 is 2.82 bits per heavy atom. The van der Waals surface area contributed by atoms with E-state index in [4.69, 9.17) is 4.74 Å². The molecule has 1 heterocycles. The average Bonchev–Trinajstić information content (AvgIpc) is 3.07. The molecule has 2 N–H and O–H groups in total. The summed E-state index contributed by atoms with van der Waals surface area (Å²) in [5.74, 6) is 0.0997. The fourth-order valence-electron chi connectivity index (χ4n) is 2.18. The van der Waals surface area contributed by atoms with Crippen LogP contribution in [-0.4, -0.2) is 60.4 Å². The Bertz CT molecular complexity index is 293. The third kappa shape index (κ3) is 2.97. The lowest BCUT2D eigenvalue weighted by molar-refractivity contribution is -0.129. The van der Waals surface area contributed by atoms with Gasteiger partial charge in [0.05, 0.1) is 12.6 Å². The number of nitrogens with zero attached hydrogens (tertiary/aromatic N) is 1. The quantitative estimate of drug-likeness (QED) is 0.697. The number of hydrogen-bond donors (Lipinski definition) is 2. The molecule has 17 heavy (non-hydrogen) atoms. The van der Waals surface area contributed by atoms with E-state index < -0.39 is 5.60 Å². The molecule has 1 amide bonds. The highest BCUT2D eigenvalue weighted by Gasteiger charge is 2.39. The summed E-state index contributed by atoms with van der Waals surface area (Å²) in [6.07, 6.45) is 2.72. The third-order valence-corrected chi connectivity index (χ3v) is 3.85. The lowest BCUT2D eigenvalue weighted by Crippen LogP contribution is -2.48. The first-order valence-electron chi connectivity index (χ1n) is 6.33. The number of ether oxygens (including phenoxy) is 1. The van der Waals surface area contributed by atoms with Crippen LogP contribution in [0.15, 0.2) is 0 Å². The van der Waals surface area contributed by atoms with Crippen molar-refractivity contribution < 1.29 is 14.6 Å².